The van der Waals surface area contributed by atoms with Crippen LogP contribution in [-0.4, -0.2) is 47.4 Å². The van der Waals surface area contributed by atoms with Crippen molar-refractivity contribution in [3.8, 4) is 0 Å². The second-order valence-electron chi connectivity index (χ2n) is 6.44. The SMILES string of the molecule is CC(=O)NC1CCN(C(=O)CCC(=O)OC(C)(C)C)CC1. The molecule has 0 aromatic rings. The number of carbonyl (C=O) groups excluding carboxylic acids is 3. The van der Waals surface area contributed by atoms with Gasteiger partial charge >= 0.3 is 5.97 Å². The van der Waals surface area contributed by atoms with Crippen LogP contribution in [0.2, 0.25) is 0 Å². The molecule has 6 heteroatoms. The van der Waals surface area contributed by atoms with Gasteiger partial charge in [-0.2, -0.15) is 0 Å². The van der Waals surface area contributed by atoms with E-state index in [2.05, 4.69) is 5.32 Å². The van der Waals surface area contributed by atoms with Crippen LogP contribution >= 0.6 is 0 Å². The van der Waals surface area contributed by atoms with Crippen LogP contribution in [0.4, 0.5) is 0 Å². The average Bonchev–Trinajstić information content (AvgIpc) is 2.34. The Labute approximate surface area is 126 Å². The zero-order valence-electron chi connectivity index (χ0n) is 13.4. The molecule has 0 bridgehead atoms. The molecule has 1 aliphatic rings. The molecule has 1 rings (SSSR count). The molecule has 0 atom stereocenters. The Bertz CT molecular complexity index is 393. The van der Waals surface area contributed by atoms with Crippen molar-refractivity contribution >= 4 is 17.8 Å². The number of carbonyl (C=O) groups is 3. The van der Waals surface area contributed by atoms with E-state index < -0.39 is 5.60 Å². The molecule has 21 heavy (non-hydrogen) atoms. The number of nitrogens with zero attached hydrogens (tertiary/aromatic N) is 1. The fraction of sp³-hybridized carbons (Fsp3) is 0.800. The van der Waals surface area contributed by atoms with Crippen molar-refractivity contribution in [3.05, 3.63) is 0 Å². The molecule has 120 valence electrons. The third-order valence-electron chi connectivity index (χ3n) is 3.22. The lowest BCUT2D eigenvalue weighted by atomic mass is 10.0. The molecular weight excluding hydrogens is 272 g/mol. The minimum atomic E-state index is -0.517. The normalized spacial score (nSPS) is 16.5. The third-order valence-corrected chi connectivity index (χ3v) is 3.22. The van der Waals surface area contributed by atoms with Crippen LogP contribution in [0.5, 0.6) is 0 Å². The molecule has 0 aliphatic carbocycles. The van der Waals surface area contributed by atoms with Crippen LogP contribution in [0.25, 0.3) is 0 Å². The molecule has 1 saturated heterocycles. The predicted molar refractivity (Wildman–Crippen MR) is 78.5 cm³/mol. The lowest BCUT2D eigenvalue weighted by Crippen LogP contribution is -2.46. The van der Waals surface area contributed by atoms with Crippen LogP contribution in [0.15, 0.2) is 0 Å². The minimum Gasteiger partial charge on any atom is -0.460 e. The van der Waals surface area contributed by atoms with Crippen molar-refractivity contribution in [2.24, 2.45) is 0 Å². The number of likely N-dealkylation sites (tertiary alicyclic amines) is 1. The standard InChI is InChI=1S/C15H26N2O4/c1-11(18)16-12-7-9-17(10-8-12)13(19)5-6-14(20)21-15(2,3)4/h12H,5-10H2,1-4H3,(H,16,18). The van der Waals surface area contributed by atoms with E-state index in [0.29, 0.717) is 13.1 Å². The summed E-state index contributed by atoms with van der Waals surface area (Å²) in [4.78, 5) is 36.3. The fourth-order valence-corrected chi connectivity index (χ4v) is 2.32. The number of amides is 2. The van der Waals surface area contributed by atoms with Crippen LogP contribution in [-0.2, 0) is 19.1 Å². The summed E-state index contributed by atoms with van der Waals surface area (Å²) in [5, 5.41) is 2.87. The summed E-state index contributed by atoms with van der Waals surface area (Å²) in [5.74, 6) is -0.407. The van der Waals surface area contributed by atoms with Crippen LogP contribution in [0.3, 0.4) is 0 Å². The highest BCUT2D eigenvalue weighted by molar-refractivity contribution is 5.81. The van der Waals surface area contributed by atoms with Gasteiger partial charge in [-0.25, -0.2) is 0 Å². The van der Waals surface area contributed by atoms with Gasteiger partial charge in [0.15, 0.2) is 0 Å². The van der Waals surface area contributed by atoms with Gasteiger partial charge in [0.1, 0.15) is 5.60 Å². The number of piperidine rings is 1. The number of ether oxygens (including phenoxy) is 1. The van der Waals surface area contributed by atoms with Crippen molar-refractivity contribution in [2.75, 3.05) is 13.1 Å². The Kier molecular flexibility index (Phi) is 6.18. The van der Waals surface area contributed by atoms with Crippen LogP contribution < -0.4 is 5.32 Å². The molecule has 1 aliphatic heterocycles. The first kappa shape index (κ1) is 17.5. The maximum atomic E-state index is 12.0. The molecule has 0 saturated carbocycles. The van der Waals surface area contributed by atoms with Gasteiger partial charge in [-0.3, -0.25) is 14.4 Å². The number of nitrogens with one attached hydrogen (secondary N) is 1. The molecule has 1 fully saturated rings. The largest absolute Gasteiger partial charge is 0.460 e. The summed E-state index contributed by atoms with van der Waals surface area (Å²) in [5.41, 5.74) is -0.517. The van der Waals surface area contributed by atoms with E-state index in [1.807, 2.05) is 0 Å². The number of esters is 1. The van der Waals surface area contributed by atoms with E-state index >= 15 is 0 Å². The summed E-state index contributed by atoms with van der Waals surface area (Å²) in [6.45, 7) is 8.16. The Morgan fingerprint density at radius 1 is 1.14 bits per heavy atom. The zero-order chi connectivity index (χ0) is 16.0. The van der Waals surface area contributed by atoms with Crippen molar-refractivity contribution in [3.63, 3.8) is 0 Å². The molecule has 2 amide bonds. The molecule has 6 nitrogen and oxygen atoms in total. The first-order valence-corrected chi connectivity index (χ1v) is 7.44. The molecule has 0 unspecified atom stereocenters. The second-order valence-corrected chi connectivity index (χ2v) is 6.44. The van der Waals surface area contributed by atoms with Crippen molar-refractivity contribution in [1.82, 2.24) is 10.2 Å². The number of hydrogen-bond acceptors (Lipinski definition) is 4. The smallest absolute Gasteiger partial charge is 0.306 e. The minimum absolute atomic E-state index is 0.0258. The highest BCUT2D eigenvalue weighted by Gasteiger charge is 2.24. The summed E-state index contributed by atoms with van der Waals surface area (Å²) in [6, 6.07) is 0.150. The Hall–Kier alpha value is -1.59. The maximum absolute atomic E-state index is 12.0. The molecule has 0 spiro atoms. The summed E-state index contributed by atoms with van der Waals surface area (Å²) in [6.07, 6.45) is 1.82. The first-order chi connectivity index (χ1) is 9.67. The highest BCUT2D eigenvalue weighted by atomic mass is 16.6. The van der Waals surface area contributed by atoms with Gasteiger partial charge in [0.25, 0.3) is 0 Å². The summed E-state index contributed by atoms with van der Waals surface area (Å²) in [7, 11) is 0. The topological polar surface area (TPSA) is 75.7 Å². The molecule has 0 aromatic heterocycles. The van der Waals surface area contributed by atoms with Gasteiger partial charge in [0.05, 0.1) is 6.42 Å². The van der Waals surface area contributed by atoms with E-state index in [1.54, 1.807) is 25.7 Å². The van der Waals surface area contributed by atoms with Gasteiger partial charge in [-0.1, -0.05) is 0 Å². The maximum Gasteiger partial charge on any atom is 0.306 e. The zero-order valence-corrected chi connectivity index (χ0v) is 13.4. The van der Waals surface area contributed by atoms with Gasteiger partial charge in [-0.05, 0) is 33.6 Å². The Balaban J connectivity index is 2.28. The number of rotatable bonds is 4. The van der Waals surface area contributed by atoms with Crippen LogP contribution in [0.1, 0.15) is 53.4 Å². The molecule has 0 aromatic carbocycles. The highest BCUT2D eigenvalue weighted by Crippen LogP contribution is 2.13. The average molecular weight is 298 g/mol. The fourth-order valence-electron chi connectivity index (χ4n) is 2.32. The lowest BCUT2D eigenvalue weighted by Gasteiger charge is -2.32. The van der Waals surface area contributed by atoms with E-state index in [9.17, 15) is 14.4 Å². The van der Waals surface area contributed by atoms with Gasteiger partial charge in [0.2, 0.25) is 11.8 Å². The lowest BCUT2D eigenvalue weighted by molar-refractivity contribution is -0.156. The molecule has 1 N–H and O–H groups in total. The Morgan fingerprint density at radius 2 is 1.71 bits per heavy atom. The van der Waals surface area contributed by atoms with Gasteiger partial charge in [-0.15, -0.1) is 0 Å². The number of hydrogen-bond donors (Lipinski definition) is 1. The third kappa shape index (κ3) is 7.11. The Morgan fingerprint density at radius 3 is 2.19 bits per heavy atom. The van der Waals surface area contributed by atoms with Crippen molar-refractivity contribution < 1.29 is 19.1 Å². The predicted octanol–water partition coefficient (Wildman–Crippen LogP) is 1.24. The first-order valence-electron chi connectivity index (χ1n) is 7.44. The molecular formula is C15H26N2O4. The monoisotopic (exact) mass is 298 g/mol. The van der Waals surface area contributed by atoms with Gasteiger partial charge < -0.3 is 15.0 Å². The van der Waals surface area contributed by atoms with E-state index in [-0.39, 0.29) is 36.7 Å². The molecule has 1 heterocycles. The second kappa shape index (κ2) is 7.43. The van der Waals surface area contributed by atoms with Crippen LogP contribution in [0, 0.1) is 0 Å². The van der Waals surface area contributed by atoms with E-state index in [1.165, 1.54) is 6.92 Å². The van der Waals surface area contributed by atoms with Crippen molar-refractivity contribution in [2.45, 2.75) is 65.0 Å². The van der Waals surface area contributed by atoms with Crippen molar-refractivity contribution in [1.29, 1.82) is 0 Å². The quantitative estimate of drug-likeness (QED) is 0.792. The van der Waals surface area contributed by atoms with E-state index in [4.69, 9.17) is 4.74 Å². The van der Waals surface area contributed by atoms with E-state index in [0.717, 1.165) is 12.8 Å². The summed E-state index contributed by atoms with van der Waals surface area (Å²) < 4.78 is 5.18. The van der Waals surface area contributed by atoms with Gasteiger partial charge in [0, 0.05) is 32.5 Å². The molecule has 0 radical (unpaired) electrons. The summed E-state index contributed by atoms with van der Waals surface area (Å²) >= 11 is 0.